The molecule has 0 aliphatic heterocycles. The second kappa shape index (κ2) is 4.08. The first-order valence-corrected chi connectivity index (χ1v) is 3.52. The molecule has 3 nitrogen and oxygen atoms in total. The molecule has 1 unspecified atom stereocenters. The predicted octanol–water partition coefficient (Wildman–Crippen LogP) is -1.37. The fourth-order valence-electron chi connectivity index (χ4n) is 0.188. The molecule has 0 N–H and O–H groups in total. The molecule has 0 spiro atoms. The van der Waals surface area contributed by atoms with Gasteiger partial charge < -0.3 is 4.55 Å². The van der Waals surface area contributed by atoms with Gasteiger partial charge in [0.05, 0.1) is 10.0 Å². The summed E-state index contributed by atoms with van der Waals surface area (Å²) in [6.45, 7) is 0. The van der Waals surface area contributed by atoms with Crippen LogP contribution in [0, 0.1) is 0 Å². The third-order valence-corrected chi connectivity index (χ3v) is 1.55. The van der Waals surface area contributed by atoms with E-state index < -0.39 is 21.8 Å². The Bertz CT molecular complexity index is 273. The van der Waals surface area contributed by atoms with Crippen LogP contribution in [0.2, 0.25) is 0 Å². The van der Waals surface area contributed by atoms with Crippen LogP contribution in [0.5, 0.6) is 0 Å². The van der Waals surface area contributed by atoms with Gasteiger partial charge in [-0.15, -0.1) is 17.5 Å². The summed E-state index contributed by atoms with van der Waals surface area (Å²) in [6.07, 6.45) is -5.74. The molecule has 0 radical (unpaired) electrons. The van der Waals surface area contributed by atoms with Crippen molar-refractivity contribution in [2.24, 2.45) is 4.36 Å². The zero-order valence-electron chi connectivity index (χ0n) is 5.94. The summed E-state index contributed by atoms with van der Waals surface area (Å²) in [6, 6.07) is 0. The van der Waals surface area contributed by atoms with E-state index >= 15 is 0 Å². The predicted molar refractivity (Wildman–Crippen MR) is 23.5 cm³/mol. The number of hydrogen-bond acceptors (Lipinski definition) is 3. The van der Waals surface area contributed by atoms with E-state index in [1.54, 1.807) is 0 Å². The molecule has 0 saturated heterocycles. The molecular weight excluding hydrogens is 223 g/mol. The van der Waals surface area contributed by atoms with Gasteiger partial charge in [-0.1, -0.05) is 0 Å². The summed E-state index contributed by atoms with van der Waals surface area (Å²) >= 11 is 0. The molecule has 13 heavy (non-hydrogen) atoms. The summed E-state index contributed by atoms with van der Waals surface area (Å²) < 4.78 is 86.6. The van der Waals surface area contributed by atoms with Gasteiger partial charge in [0.1, 0.15) is 0 Å². The van der Waals surface area contributed by atoms with Crippen molar-refractivity contribution in [2.75, 3.05) is 0 Å². The van der Waals surface area contributed by atoms with E-state index in [-0.39, 0.29) is 18.9 Å². The van der Waals surface area contributed by atoms with Crippen LogP contribution in [0.3, 0.4) is 0 Å². The van der Waals surface area contributed by atoms with Crippen molar-refractivity contribution in [1.29, 1.82) is 0 Å². The van der Waals surface area contributed by atoms with Crippen molar-refractivity contribution >= 4 is 10.0 Å². The monoisotopic (exact) mass is 223 g/mol. The van der Waals surface area contributed by atoms with Gasteiger partial charge in [0, 0.05) is 0 Å². The summed E-state index contributed by atoms with van der Waals surface area (Å²) in [5.41, 5.74) is -6.01. The van der Waals surface area contributed by atoms with E-state index in [1.807, 2.05) is 0 Å². The summed E-state index contributed by atoms with van der Waals surface area (Å²) in [5.74, 6) is 0. The molecule has 0 aromatic heterocycles. The van der Waals surface area contributed by atoms with Crippen molar-refractivity contribution < 1.29 is 54.0 Å². The standard InChI is InChI=1S/C2HF6NO2S.Li/c3-1(4,5)9-12(10,11)2(6,7)8;/h(H,9,10,11);/q;+1/p-1. The van der Waals surface area contributed by atoms with E-state index in [0.717, 1.165) is 0 Å². The normalized spacial score (nSPS) is 17.2. The van der Waals surface area contributed by atoms with Gasteiger partial charge in [-0.2, -0.15) is 13.2 Å². The number of halogens is 6. The summed E-state index contributed by atoms with van der Waals surface area (Å²) in [7, 11) is -6.46. The van der Waals surface area contributed by atoms with Gasteiger partial charge in [-0.05, 0) is 0 Å². The van der Waals surface area contributed by atoms with Gasteiger partial charge in [0.2, 0.25) is 0 Å². The minimum atomic E-state index is -6.46. The molecule has 0 aromatic carbocycles. The molecule has 0 bridgehead atoms. The molecular formula is C2F6LiNO2S. The Hall–Kier alpha value is 0.0874. The van der Waals surface area contributed by atoms with E-state index in [1.165, 1.54) is 0 Å². The zero-order chi connectivity index (χ0) is 10.2. The van der Waals surface area contributed by atoms with Crippen LogP contribution in [-0.4, -0.2) is 20.6 Å². The molecule has 1 atom stereocenters. The molecule has 0 aliphatic carbocycles. The molecule has 0 rings (SSSR count). The first-order chi connectivity index (χ1) is 4.96. The number of rotatable bonds is 0. The second-order valence-electron chi connectivity index (χ2n) is 1.48. The maximum Gasteiger partial charge on any atom is 1.00 e. The molecule has 0 aliphatic rings. The van der Waals surface area contributed by atoms with Crippen LogP contribution in [-0.2, 0) is 10.0 Å². The maximum atomic E-state index is 11.2. The summed E-state index contributed by atoms with van der Waals surface area (Å²) in [5, 5.41) is 0. The first-order valence-electron chi connectivity index (χ1n) is 2.08. The molecule has 11 heteroatoms. The smallest absolute Gasteiger partial charge is 0.757 e. The molecule has 0 amide bonds. The fourth-order valence-corrected chi connectivity index (χ4v) is 0.564. The van der Waals surface area contributed by atoms with Crippen LogP contribution in [0.4, 0.5) is 26.3 Å². The first kappa shape index (κ1) is 15.6. The van der Waals surface area contributed by atoms with Crippen LogP contribution < -0.4 is 18.9 Å². The van der Waals surface area contributed by atoms with E-state index in [2.05, 4.69) is 0 Å². The van der Waals surface area contributed by atoms with Gasteiger partial charge in [0.15, 0.2) is 0 Å². The largest absolute Gasteiger partial charge is 1.00 e. The third kappa shape index (κ3) is 5.40. The Morgan fingerprint density at radius 3 is 1.46 bits per heavy atom. The second-order valence-corrected chi connectivity index (χ2v) is 3.08. The third-order valence-electron chi connectivity index (χ3n) is 0.516. The van der Waals surface area contributed by atoms with Crippen molar-refractivity contribution in [2.45, 2.75) is 11.8 Å². The number of alkyl halides is 6. The Kier molecular flexibility index (Phi) is 4.88. The van der Waals surface area contributed by atoms with Gasteiger partial charge in [-0.25, -0.2) is 0 Å². The minimum Gasteiger partial charge on any atom is -0.757 e. The Morgan fingerprint density at radius 1 is 1.08 bits per heavy atom. The molecule has 0 fully saturated rings. The average molecular weight is 223 g/mol. The molecule has 0 heterocycles. The Labute approximate surface area is 80.7 Å². The van der Waals surface area contributed by atoms with Crippen molar-refractivity contribution in [3.63, 3.8) is 0 Å². The van der Waals surface area contributed by atoms with Crippen molar-refractivity contribution in [3.8, 4) is 0 Å². The van der Waals surface area contributed by atoms with E-state index in [0.29, 0.717) is 4.36 Å². The maximum absolute atomic E-state index is 11.2. The van der Waals surface area contributed by atoms with Crippen molar-refractivity contribution in [3.05, 3.63) is 0 Å². The number of hydrogen-bond donors (Lipinski definition) is 0. The Morgan fingerprint density at radius 2 is 1.38 bits per heavy atom. The van der Waals surface area contributed by atoms with E-state index in [4.69, 9.17) is 0 Å². The quantitative estimate of drug-likeness (QED) is 0.289. The zero-order valence-corrected chi connectivity index (χ0v) is 6.76. The van der Waals surface area contributed by atoms with E-state index in [9.17, 15) is 35.1 Å². The molecule has 74 valence electrons. The van der Waals surface area contributed by atoms with Gasteiger partial charge in [0.25, 0.3) is 0 Å². The topological polar surface area (TPSA) is 52.5 Å². The van der Waals surface area contributed by atoms with Gasteiger partial charge in [-0.3, -0.25) is 4.21 Å². The van der Waals surface area contributed by atoms with Crippen LogP contribution in [0.25, 0.3) is 0 Å². The van der Waals surface area contributed by atoms with Crippen LogP contribution in [0.1, 0.15) is 0 Å². The number of nitrogens with zero attached hydrogens (tertiary/aromatic N) is 1. The SMILES string of the molecule is O=S([O-])(=NC(F)(F)F)C(F)(F)F.[Li+]. The van der Waals surface area contributed by atoms with Gasteiger partial charge >= 0.3 is 30.7 Å². The molecule has 0 aromatic rings. The average Bonchev–Trinajstić information content (AvgIpc) is 1.52. The van der Waals surface area contributed by atoms with Crippen LogP contribution >= 0.6 is 0 Å². The molecule has 0 saturated carbocycles. The minimum absolute atomic E-state index is 0. The fraction of sp³-hybridized carbons (Fsp3) is 1.00. The summed E-state index contributed by atoms with van der Waals surface area (Å²) in [4.78, 5) is 0. The Balaban J connectivity index is 0. The van der Waals surface area contributed by atoms with Crippen molar-refractivity contribution in [1.82, 2.24) is 0 Å². The van der Waals surface area contributed by atoms with Crippen LogP contribution in [0.15, 0.2) is 4.36 Å².